The molecule has 190 valence electrons. The molecule has 0 spiro atoms. The number of aliphatic hydroxyl groups is 3. The fourth-order valence-corrected chi connectivity index (χ4v) is 9.31. The van der Waals surface area contributed by atoms with E-state index >= 15 is 0 Å². The molecule has 0 aromatic heterocycles. The van der Waals surface area contributed by atoms with Gasteiger partial charge in [0.2, 0.25) is 0 Å². The van der Waals surface area contributed by atoms with E-state index in [-0.39, 0.29) is 52.9 Å². The number of fused-ring (bicyclic) bond motifs is 5. The highest BCUT2D eigenvalue weighted by atomic mass is 32.2. The molecule has 0 radical (unpaired) electrons. The summed E-state index contributed by atoms with van der Waals surface area (Å²) in [5.41, 5.74) is -0.287. The maximum atomic E-state index is 11.9. The number of rotatable bonds is 5. The minimum absolute atomic E-state index is 0.0400. The Morgan fingerprint density at radius 2 is 1.76 bits per heavy atom. The Morgan fingerprint density at radius 1 is 1.06 bits per heavy atom. The highest BCUT2D eigenvalue weighted by Crippen LogP contribution is 2.68. The van der Waals surface area contributed by atoms with Gasteiger partial charge in [-0.05, 0) is 97.7 Å². The second kappa shape index (κ2) is 8.75. The molecule has 11 atom stereocenters. The molecule has 0 aromatic rings. The van der Waals surface area contributed by atoms with Crippen molar-refractivity contribution in [3.8, 4) is 0 Å². The van der Waals surface area contributed by atoms with Gasteiger partial charge >= 0.3 is 16.1 Å². The van der Waals surface area contributed by atoms with Gasteiger partial charge in [-0.1, -0.05) is 20.8 Å². The van der Waals surface area contributed by atoms with Crippen LogP contribution in [0.5, 0.6) is 0 Å². The van der Waals surface area contributed by atoms with E-state index in [1.165, 1.54) is 0 Å². The molecule has 0 amide bonds. The van der Waals surface area contributed by atoms with Gasteiger partial charge in [0.1, 0.15) is 0 Å². The first-order valence-electron chi connectivity index (χ1n) is 12.7. The van der Waals surface area contributed by atoms with Gasteiger partial charge in [0.15, 0.2) is 0 Å². The van der Waals surface area contributed by atoms with E-state index in [4.69, 9.17) is 0 Å². The van der Waals surface area contributed by atoms with E-state index in [0.717, 1.165) is 44.8 Å². The Morgan fingerprint density at radius 3 is 2.42 bits per heavy atom. The average molecular weight is 487 g/mol. The van der Waals surface area contributed by atoms with Gasteiger partial charge < -0.3 is 19.5 Å². The molecule has 8 heteroatoms. The summed E-state index contributed by atoms with van der Waals surface area (Å²) < 4.78 is 26.9. The van der Waals surface area contributed by atoms with Gasteiger partial charge in [0.05, 0.1) is 24.6 Å². The van der Waals surface area contributed by atoms with Crippen molar-refractivity contribution < 1.29 is 32.7 Å². The molecule has 0 bridgehead atoms. The number of hydrogen-bond acceptors (Lipinski definition) is 7. The van der Waals surface area contributed by atoms with Crippen molar-refractivity contribution in [3.05, 3.63) is 0 Å². The molecule has 3 N–H and O–H groups in total. The molecule has 4 aliphatic rings. The summed E-state index contributed by atoms with van der Waals surface area (Å²) >= 11 is 0. The summed E-state index contributed by atoms with van der Waals surface area (Å²) in [4.78, 5) is 11.9. The molecule has 4 aliphatic carbocycles. The zero-order valence-corrected chi connectivity index (χ0v) is 21.3. The Bertz CT molecular complexity index is 859. The van der Waals surface area contributed by atoms with Crippen LogP contribution in [-0.4, -0.2) is 54.3 Å². The van der Waals surface area contributed by atoms with Gasteiger partial charge in [-0.2, -0.15) is 8.42 Å². The summed E-state index contributed by atoms with van der Waals surface area (Å²) in [6.07, 6.45) is 6.07. The molecule has 4 saturated carbocycles. The second-order valence-corrected chi connectivity index (χ2v) is 13.8. The maximum absolute atomic E-state index is 11.9. The van der Waals surface area contributed by atoms with E-state index in [2.05, 4.69) is 25.0 Å². The highest BCUT2D eigenvalue weighted by molar-refractivity contribution is 7.86. The third kappa shape index (κ3) is 4.38. The van der Waals surface area contributed by atoms with E-state index in [1.54, 1.807) is 0 Å². The molecule has 0 saturated heterocycles. The van der Waals surface area contributed by atoms with E-state index in [0.29, 0.717) is 18.8 Å². The number of hydrogen-bond donors (Lipinski definition) is 3. The molecule has 11 unspecified atom stereocenters. The molecule has 33 heavy (non-hydrogen) atoms. The van der Waals surface area contributed by atoms with Gasteiger partial charge in [0, 0.05) is 6.42 Å². The van der Waals surface area contributed by atoms with Crippen LogP contribution in [0.15, 0.2) is 0 Å². The van der Waals surface area contributed by atoms with Crippen LogP contribution < -0.4 is 0 Å². The summed E-state index contributed by atoms with van der Waals surface area (Å²) in [7, 11) is -3.80. The highest BCUT2D eigenvalue weighted by Gasteiger charge is 2.65. The molecule has 7 nitrogen and oxygen atoms in total. The largest absolute Gasteiger partial charge is 0.393 e. The van der Waals surface area contributed by atoms with Crippen LogP contribution in [-0.2, 0) is 19.1 Å². The molecule has 4 fully saturated rings. The lowest BCUT2D eigenvalue weighted by Gasteiger charge is -2.63. The summed E-state index contributed by atoms with van der Waals surface area (Å²) in [6, 6.07) is 0. The smallest absolute Gasteiger partial charge is 0.322 e. The first kappa shape index (κ1) is 25.4. The first-order chi connectivity index (χ1) is 15.3. The monoisotopic (exact) mass is 486 g/mol. The quantitative estimate of drug-likeness (QED) is 0.511. The van der Waals surface area contributed by atoms with Crippen molar-refractivity contribution >= 4 is 16.1 Å². The van der Waals surface area contributed by atoms with Crippen LogP contribution in [0.3, 0.4) is 0 Å². The predicted molar refractivity (Wildman–Crippen MR) is 123 cm³/mol. The normalized spacial score (nSPS) is 48.3. The van der Waals surface area contributed by atoms with Crippen molar-refractivity contribution in [3.63, 3.8) is 0 Å². The van der Waals surface area contributed by atoms with Crippen molar-refractivity contribution in [2.45, 2.75) is 96.9 Å². The number of carbonyl (C=O) groups is 1. The third-order valence-electron chi connectivity index (χ3n) is 10.6. The second-order valence-electron chi connectivity index (χ2n) is 12.2. The van der Waals surface area contributed by atoms with Gasteiger partial charge in [-0.25, -0.2) is 0 Å². The first-order valence-corrected chi connectivity index (χ1v) is 14.6. The Labute approximate surface area is 198 Å². The topological polar surface area (TPSA) is 121 Å². The maximum Gasteiger partial charge on any atom is 0.322 e. The lowest BCUT2D eigenvalue weighted by Crippen LogP contribution is -2.62. The van der Waals surface area contributed by atoms with E-state index in [9.17, 15) is 28.5 Å². The minimum atomic E-state index is -3.80. The van der Waals surface area contributed by atoms with Gasteiger partial charge in [0.25, 0.3) is 0 Å². The Balaban J connectivity index is 1.52. The number of aliphatic hydroxyl groups excluding tert-OH is 3. The standard InChI is InChI=1S/C25H42O7S/c1-14(5-8-22(29)32-33(4,30)31)17-6-7-18-23-19(13-21(28)25(17,18)3)24(2)10-9-16(26)11-15(24)12-20(23)27/h14-21,23,26-28H,5-13H2,1-4H3. The van der Waals surface area contributed by atoms with Crippen molar-refractivity contribution in [2.75, 3.05) is 6.26 Å². The molecule has 4 rings (SSSR count). The molecular formula is C25H42O7S. The van der Waals surface area contributed by atoms with Crippen molar-refractivity contribution in [1.82, 2.24) is 0 Å². The van der Waals surface area contributed by atoms with Crippen LogP contribution in [0.1, 0.15) is 78.6 Å². The minimum Gasteiger partial charge on any atom is -0.393 e. The van der Waals surface area contributed by atoms with Crippen molar-refractivity contribution in [1.29, 1.82) is 0 Å². The fraction of sp³-hybridized carbons (Fsp3) is 0.960. The fourth-order valence-electron chi connectivity index (χ4n) is 8.89. The lowest BCUT2D eigenvalue weighted by atomic mass is 9.43. The third-order valence-corrected chi connectivity index (χ3v) is 11.1. The molecule has 0 aliphatic heterocycles. The van der Waals surface area contributed by atoms with Gasteiger partial charge in [-0.15, -0.1) is 0 Å². The van der Waals surface area contributed by atoms with Gasteiger partial charge in [-0.3, -0.25) is 4.79 Å². The SMILES string of the molecule is CC(CCC(=O)OS(C)(=O)=O)C1CCC2C3C(O)CC4CC(O)CCC4(C)C3CC(O)C12C. The molecule has 0 aromatic carbocycles. The molecular weight excluding hydrogens is 444 g/mol. The van der Waals surface area contributed by atoms with Crippen LogP contribution in [0.2, 0.25) is 0 Å². The Hall–Kier alpha value is -0.700. The average Bonchev–Trinajstić information content (AvgIpc) is 3.06. The van der Waals surface area contributed by atoms with Crippen molar-refractivity contribution in [2.24, 2.45) is 46.3 Å². The zero-order valence-electron chi connectivity index (χ0n) is 20.4. The number of carbonyl (C=O) groups excluding carboxylic acids is 1. The van der Waals surface area contributed by atoms with Crippen LogP contribution in [0.4, 0.5) is 0 Å². The lowest BCUT2D eigenvalue weighted by molar-refractivity contribution is -0.207. The summed E-state index contributed by atoms with van der Waals surface area (Å²) in [6.45, 7) is 6.58. The van der Waals surface area contributed by atoms with E-state index < -0.39 is 28.3 Å². The zero-order chi connectivity index (χ0) is 24.3. The van der Waals surface area contributed by atoms with Crippen LogP contribution >= 0.6 is 0 Å². The Kier molecular flexibility index (Phi) is 6.74. The predicted octanol–water partition coefficient (Wildman–Crippen LogP) is 2.87. The van der Waals surface area contributed by atoms with Crippen LogP contribution in [0.25, 0.3) is 0 Å². The van der Waals surface area contributed by atoms with Crippen LogP contribution in [0, 0.1) is 46.3 Å². The molecule has 0 heterocycles. The summed E-state index contributed by atoms with van der Waals surface area (Å²) in [5.74, 6) is 0.539. The summed E-state index contributed by atoms with van der Waals surface area (Å²) in [5, 5.41) is 33.1. The van der Waals surface area contributed by atoms with E-state index in [1.807, 2.05) is 0 Å².